The highest BCUT2D eigenvalue weighted by atomic mass is 35.5. The van der Waals surface area contributed by atoms with Gasteiger partial charge in [-0.3, -0.25) is 0 Å². The van der Waals surface area contributed by atoms with E-state index in [4.69, 9.17) is 33.9 Å². The summed E-state index contributed by atoms with van der Waals surface area (Å²) in [5, 5.41) is 1.32. The molecule has 0 amide bonds. The van der Waals surface area contributed by atoms with E-state index in [0.717, 1.165) is 48.5 Å². The van der Waals surface area contributed by atoms with Crippen LogP contribution in [-0.4, -0.2) is 28.7 Å². The highest BCUT2D eigenvalue weighted by Gasteiger charge is 2.23. The largest absolute Gasteiger partial charge is 0.341 e. The van der Waals surface area contributed by atoms with Gasteiger partial charge in [0, 0.05) is 29.2 Å². The number of benzene rings is 2. The van der Waals surface area contributed by atoms with Crippen LogP contribution in [-0.2, 0) is 6.54 Å². The van der Waals surface area contributed by atoms with Crippen molar-refractivity contribution in [1.29, 1.82) is 0 Å². The van der Waals surface area contributed by atoms with Crippen LogP contribution in [0.5, 0.6) is 0 Å². The van der Waals surface area contributed by atoms with E-state index in [1.807, 2.05) is 30.3 Å². The number of anilines is 1. The molecule has 0 aliphatic carbocycles. The Kier molecular flexibility index (Phi) is 4.59. The predicted octanol–water partition coefficient (Wildman–Crippen LogP) is 4.32. The zero-order chi connectivity index (χ0) is 17.4. The van der Waals surface area contributed by atoms with Crippen LogP contribution in [0.2, 0.25) is 10.0 Å². The summed E-state index contributed by atoms with van der Waals surface area (Å²) in [5.74, 6) is 0.961. The molecule has 6 heteroatoms. The second-order valence-electron chi connectivity index (χ2n) is 6.57. The van der Waals surface area contributed by atoms with E-state index in [1.165, 1.54) is 0 Å². The summed E-state index contributed by atoms with van der Waals surface area (Å²) in [7, 11) is 0. The summed E-state index contributed by atoms with van der Waals surface area (Å²) in [6.45, 7) is 2.46. The average Bonchev–Trinajstić information content (AvgIpc) is 2.96. The normalized spacial score (nSPS) is 18.0. The number of fused-ring (bicyclic) bond motifs is 1. The number of nitrogens with two attached hydrogens (primary N) is 1. The first-order chi connectivity index (χ1) is 12.1. The molecule has 2 N–H and O–H groups in total. The molecule has 0 spiro atoms. The summed E-state index contributed by atoms with van der Waals surface area (Å²) in [6.07, 6.45) is 2.16. The van der Waals surface area contributed by atoms with Gasteiger partial charge in [-0.15, -0.1) is 0 Å². The molecular formula is C19H20Cl2N4. The van der Waals surface area contributed by atoms with Gasteiger partial charge in [0.2, 0.25) is 5.95 Å². The van der Waals surface area contributed by atoms with E-state index in [0.29, 0.717) is 16.6 Å². The molecule has 0 saturated carbocycles. The Labute approximate surface area is 157 Å². The number of aromatic nitrogens is 2. The smallest absolute Gasteiger partial charge is 0.206 e. The Hall–Kier alpha value is -1.75. The van der Waals surface area contributed by atoms with E-state index < -0.39 is 0 Å². The minimum absolute atomic E-state index is 0.195. The second-order valence-corrected chi connectivity index (χ2v) is 7.41. The topological polar surface area (TPSA) is 47.1 Å². The fraction of sp³-hybridized carbons (Fsp3) is 0.316. The minimum atomic E-state index is 0.195. The Morgan fingerprint density at radius 1 is 1.16 bits per heavy atom. The minimum Gasteiger partial charge on any atom is -0.341 e. The zero-order valence-corrected chi connectivity index (χ0v) is 15.3. The van der Waals surface area contributed by atoms with Gasteiger partial charge in [-0.25, -0.2) is 4.98 Å². The molecule has 1 atom stereocenters. The second kappa shape index (κ2) is 6.87. The van der Waals surface area contributed by atoms with Gasteiger partial charge in [-0.1, -0.05) is 41.4 Å². The lowest BCUT2D eigenvalue weighted by Crippen LogP contribution is -2.44. The maximum Gasteiger partial charge on any atom is 0.206 e. The third kappa shape index (κ3) is 3.34. The third-order valence-corrected chi connectivity index (χ3v) is 5.31. The van der Waals surface area contributed by atoms with Gasteiger partial charge in [0.1, 0.15) is 0 Å². The number of imidazole rings is 1. The van der Waals surface area contributed by atoms with Crippen molar-refractivity contribution < 1.29 is 0 Å². The van der Waals surface area contributed by atoms with Gasteiger partial charge in [0.25, 0.3) is 0 Å². The quantitative estimate of drug-likeness (QED) is 0.742. The Balaban J connectivity index is 1.79. The Bertz CT molecular complexity index is 906. The van der Waals surface area contributed by atoms with E-state index in [1.54, 1.807) is 6.07 Å². The van der Waals surface area contributed by atoms with Crippen molar-refractivity contribution in [3.8, 4) is 0 Å². The molecule has 2 heterocycles. The Morgan fingerprint density at radius 2 is 2.00 bits per heavy atom. The molecule has 0 radical (unpaired) electrons. The van der Waals surface area contributed by atoms with Crippen LogP contribution in [0.4, 0.5) is 5.95 Å². The van der Waals surface area contributed by atoms with Crippen LogP contribution in [0.3, 0.4) is 0 Å². The summed E-state index contributed by atoms with van der Waals surface area (Å²) in [5.41, 5.74) is 9.30. The predicted molar refractivity (Wildman–Crippen MR) is 105 cm³/mol. The van der Waals surface area contributed by atoms with Crippen molar-refractivity contribution in [3.63, 3.8) is 0 Å². The van der Waals surface area contributed by atoms with Crippen LogP contribution in [0, 0.1) is 0 Å². The number of rotatable bonds is 3. The first kappa shape index (κ1) is 16.7. The molecule has 130 valence electrons. The fourth-order valence-electron chi connectivity index (χ4n) is 3.47. The number of nitrogens with zero attached hydrogens (tertiary/aromatic N) is 3. The molecule has 1 aromatic heterocycles. The molecule has 1 aliphatic rings. The van der Waals surface area contributed by atoms with Gasteiger partial charge < -0.3 is 15.2 Å². The first-order valence-electron chi connectivity index (χ1n) is 8.51. The van der Waals surface area contributed by atoms with Crippen LogP contribution >= 0.6 is 23.2 Å². The van der Waals surface area contributed by atoms with Gasteiger partial charge in [0.15, 0.2) is 0 Å². The summed E-state index contributed by atoms with van der Waals surface area (Å²) < 4.78 is 2.22. The van der Waals surface area contributed by atoms with Crippen LogP contribution in [0.15, 0.2) is 42.5 Å². The standard InChI is InChI=1S/C19H20Cl2N4/c20-14-8-7-13(16(21)10-14)11-25-18-6-2-1-5-17(18)23-19(25)24-9-3-4-15(22)12-24/h1-2,5-8,10,15H,3-4,9,11-12,22H2. The van der Waals surface area contributed by atoms with Crippen LogP contribution in [0.25, 0.3) is 11.0 Å². The molecule has 0 bridgehead atoms. The highest BCUT2D eigenvalue weighted by Crippen LogP contribution is 2.28. The highest BCUT2D eigenvalue weighted by molar-refractivity contribution is 6.35. The maximum atomic E-state index is 6.41. The van der Waals surface area contributed by atoms with E-state index in [9.17, 15) is 0 Å². The van der Waals surface area contributed by atoms with Crippen molar-refractivity contribution in [3.05, 3.63) is 58.1 Å². The van der Waals surface area contributed by atoms with E-state index in [2.05, 4.69) is 15.5 Å². The fourth-order valence-corrected chi connectivity index (χ4v) is 3.94. The summed E-state index contributed by atoms with van der Waals surface area (Å²) in [4.78, 5) is 7.17. The summed E-state index contributed by atoms with van der Waals surface area (Å²) in [6, 6.07) is 14.0. The molecule has 2 aromatic carbocycles. The maximum absolute atomic E-state index is 6.41. The van der Waals surface area contributed by atoms with Crippen molar-refractivity contribution in [1.82, 2.24) is 9.55 Å². The molecule has 25 heavy (non-hydrogen) atoms. The van der Waals surface area contributed by atoms with Gasteiger partial charge in [-0.2, -0.15) is 0 Å². The van der Waals surface area contributed by atoms with Crippen molar-refractivity contribution in [2.75, 3.05) is 18.0 Å². The molecule has 1 aliphatic heterocycles. The molecule has 1 fully saturated rings. The van der Waals surface area contributed by atoms with E-state index in [-0.39, 0.29) is 6.04 Å². The Morgan fingerprint density at radius 3 is 2.80 bits per heavy atom. The number of hydrogen-bond acceptors (Lipinski definition) is 3. The monoisotopic (exact) mass is 374 g/mol. The zero-order valence-electron chi connectivity index (χ0n) is 13.8. The lowest BCUT2D eigenvalue weighted by atomic mass is 10.1. The third-order valence-electron chi connectivity index (χ3n) is 4.72. The molecule has 3 aromatic rings. The van der Waals surface area contributed by atoms with Crippen LogP contribution in [0.1, 0.15) is 18.4 Å². The van der Waals surface area contributed by atoms with Gasteiger partial charge in [0.05, 0.1) is 17.6 Å². The van der Waals surface area contributed by atoms with Gasteiger partial charge in [-0.05, 0) is 42.7 Å². The first-order valence-corrected chi connectivity index (χ1v) is 9.27. The van der Waals surface area contributed by atoms with Gasteiger partial charge >= 0.3 is 0 Å². The molecule has 1 unspecified atom stereocenters. The number of hydrogen-bond donors (Lipinski definition) is 1. The SMILES string of the molecule is NC1CCCN(c2nc3ccccc3n2Cc2ccc(Cl)cc2Cl)C1. The lowest BCUT2D eigenvalue weighted by molar-refractivity contribution is 0.495. The summed E-state index contributed by atoms with van der Waals surface area (Å²) >= 11 is 12.4. The number of piperidine rings is 1. The van der Waals surface area contributed by atoms with E-state index >= 15 is 0 Å². The number of para-hydroxylation sites is 2. The molecule has 1 saturated heterocycles. The van der Waals surface area contributed by atoms with Crippen molar-refractivity contribution in [2.24, 2.45) is 5.73 Å². The average molecular weight is 375 g/mol. The molecule has 4 nitrogen and oxygen atoms in total. The lowest BCUT2D eigenvalue weighted by Gasteiger charge is -2.32. The molecule has 4 rings (SSSR count). The van der Waals surface area contributed by atoms with Crippen molar-refractivity contribution >= 4 is 40.2 Å². The number of halogens is 2. The van der Waals surface area contributed by atoms with Crippen LogP contribution < -0.4 is 10.6 Å². The van der Waals surface area contributed by atoms with Crippen molar-refractivity contribution in [2.45, 2.75) is 25.4 Å². The molecular weight excluding hydrogens is 355 g/mol.